The van der Waals surface area contributed by atoms with Crippen molar-refractivity contribution in [3.05, 3.63) is 42.5 Å². The van der Waals surface area contributed by atoms with Crippen LogP contribution >= 0.6 is 0 Å². The summed E-state index contributed by atoms with van der Waals surface area (Å²) in [5.74, 6) is 3.57. The molecule has 2 nitrogen and oxygen atoms in total. The first-order valence-corrected chi connectivity index (χ1v) is 5.63. The number of ether oxygens (including phenoxy) is 1. The highest BCUT2D eigenvalue weighted by Crippen LogP contribution is 2.18. The Morgan fingerprint density at radius 2 is 2.18 bits per heavy atom. The SMILES string of the molecule is C#CC(C)(C)NCc1ccccc1OCC=C. The van der Waals surface area contributed by atoms with Gasteiger partial charge in [0.2, 0.25) is 0 Å². The lowest BCUT2D eigenvalue weighted by molar-refractivity contribution is 0.355. The van der Waals surface area contributed by atoms with Gasteiger partial charge < -0.3 is 4.74 Å². The van der Waals surface area contributed by atoms with Crippen molar-refractivity contribution < 1.29 is 4.74 Å². The Labute approximate surface area is 104 Å². The quantitative estimate of drug-likeness (QED) is 0.598. The molecule has 0 heterocycles. The van der Waals surface area contributed by atoms with Crippen molar-refractivity contribution in [2.75, 3.05) is 6.61 Å². The summed E-state index contributed by atoms with van der Waals surface area (Å²) in [6.45, 7) is 8.78. The lowest BCUT2D eigenvalue weighted by Crippen LogP contribution is -2.37. The first-order chi connectivity index (χ1) is 8.09. The van der Waals surface area contributed by atoms with E-state index < -0.39 is 0 Å². The first kappa shape index (κ1) is 13.3. The number of hydrogen-bond donors (Lipinski definition) is 1. The molecule has 0 saturated carbocycles. The molecule has 1 rings (SSSR count). The van der Waals surface area contributed by atoms with Crippen molar-refractivity contribution in [1.29, 1.82) is 0 Å². The molecule has 17 heavy (non-hydrogen) atoms. The van der Waals surface area contributed by atoms with Crippen LogP contribution in [-0.4, -0.2) is 12.1 Å². The van der Waals surface area contributed by atoms with Crippen LogP contribution in [0.3, 0.4) is 0 Å². The second-order valence-corrected chi connectivity index (χ2v) is 4.33. The van der Waals surface area contributed by atoms with Gasteiger partial charge in [-0.25, -0.2) is 0 Å². The van der Waals surface area contributed by atoms with E-state index in [1.165, 1.54) is 0 Å². The highest BCUT2D eigenvalue weighted by molar-refractivity contribution is 5.33. The Morgan fingerprint density at radius 1 is 1.47 bits per heavy atom. The molecule has 1 aromatic carbocycles. The van der Waals surface area contributed by atoms with Gasteiger partial charge in [-0.1, -0.05) is 36.8 Å². The summed E-state index contributed by atoms with van der Waals surface area (Å²) in [6, 6.07) is 7.91. The molecule has 2 heteroatoms. The third-order valence-electron chi connectivity index (χ3n) is 2.41. The van der Waals surface area contributed by atoms with Crippen molar-refractivity contribution in [2.24, 2.45) is 0 Å². The van der Waals surface area contributed by atoms with Crippen LogP contribution in [0.1, 0.15) is 19.4 Å². The third-order valence-corrected chi connectivity index (χ3v) is 2.41. The average molecular weight is 229 g/mol. The van der Waals surface area contributed by atoms with Gasteiger partial charge in [-0.3, -0.25) is 5.32 Å². The van der Waals surface area contributed by atoms with E-state index in [0.717, 1.165) is 11.3 Å². The van der Waals surface area contributed by atoms with E-state index in [1.807, 2.05) is 38.1 Å². The molecule has 0 aromatic heterocycles. The second kappa shape index (κ2) is 6.12. The number of hydrogen-bond acceptors (Lipinski definition) is 2. The number of terminal acetylenes is 1. The molecule has 0 spiro atoms. The summed E-state index contributed by atoms with van der Waals surface area (Å²) in [7, 11) is 0. The molecule has 0 radical (unpaired) electrons. The highest BCUT2D eigenvalue weighted by atomic mass is 16.5. The van der Waals surface area contributed by atoms with Gasteiger partial charge in [0.1, 0.15) is 12.4 Å². The van der Waals surface area contributed by atoms with Gasteiger partial charge in [-0.15, -0.1) is 6.42 Å². The molecule has 0 aliphatic rings. The van der Waals surface area contributed by atoms with Crippen LogP contribution in [0.25, 0.3) is 0 Å². The van der Waals surface area contributed by atoms with Crippen molar-refractivity contribution in [3.8, 4) is 18.1 Å². The number of rotatable bonds is 6. The standard InChI is InChI=1S/C15H19NO/c1-5-11-17-14-10-8-7-9-13(14)12-16-15(3,4)6-2/h2,5,7-10,16H,1,11-12H2,3-4H3. The molecule has 0 bridgehead atoms. The summed E-state index contributed by atoms with van der Waals surface area (Å²) < 4.78 is 5.58. The van der Waals surface area contributed by atoms with Gasteiger partial charge >= 0.3 is 0 Å². The minimum Gasteiger partial charge on any atom is -0.489 e. The molecule has 0 atom stereocenters. The van der Waals surface area contributed by atoms with E-state index in [1.54, 1.807) is 6.08 Å². The van der Waals surface area contributed by atoms with Crippen LogP contribution in [-0.2, 0) is 6.54 Å². The maximum absolute atomic E-state index is 5.58. The van der Waals surface area contributed by atoms with Crippen molar-refractivity contribution >= 4 is 0 Å². The lowest BCUT2D eigenvalue weighted by Gasteiger charge is -2.20. The normalized spacial score (nSPS) is 10.6. The van der Waals surface area contributed by atoms with E-state index in [-0.39, 0.29) is 5.54 Å². The van der Waals surface area contributed by atoms with Gasteiger partial charge in [-0.05, 0) is 19.9 Å². The highest BCUT2D eigenvalue weighted by Gasteiger charge is 2.13. The second-order valence-electron chi connectivity index (χ2n) is 4.33. The number of nitrogens with one attached hydrogen (secondary N) is 1. The maximum atomic E-state index is 5.58. The topological polar surface area (TPSA) is 21.3 Å². The fourth-order valence-corrected chi connectivity index (χ4v) is 1.31. The van der Waals surface area contributed by atoms with Gasteiger partial charge in [0.05, 0.1) is 5.54 Å². The summed E-state index contributed by atoms with van der Waals surface area (Å²) in [6.07, 6.45) is 7.16. The smallest absolute Gasteiger partial charge is 0.124 e. The predicted molar refractivity (Wildman–Crippen MR) is 71.9 cm³/mol. The number of para-hydroxylation sites is 1. The molecule has 1 N–H and O–H groups in total. The predicted octanol–water partition coefficient (Wildman–Crippen LogP) is 2.75. The summed E-state index contributed by atoms with van der Waals surface area (Å²) >= 11 is 0. The van der Waals surface area contributed by atoms with Gasteiger partial charge in [-0.2, -0.15) is 0 Å². The zero-order chi connectivity index (χ0) is 12.7. The van der Waals surface area contributed by atoms with E-state index in [2.05, 4.69) is 17.8 Å². The molecule has 1 aromatic rings. The Hall–Kier alpha value is -1.72. The molecular formula is C15H19NO. The van der Waals surface area contributed by atoms with Crippen molar-refractivity contribution in [2.45, 2.75) is 25.9 Å². The van der Waals surface area contributed by atoms with Gasteiger partial charge in [0.15, 0.2) is 0 Å². The summed E-state index contributed by atoms with van der Waals surface area (Å²) in [5.41, 5.74) is 0.781. The van der Waals surface area contributed by atoms with Crippen LogP contribution in [0.4, 0.5) is 0 Å². The Balaban J connectivity index is 2.70. The fraction of sp³-hybridized carbons (Fsp3) is 0.333. The maximum Gasteiger partial charge on any atom is 0.124 e. The Bertz CT molecular complexity index is 415. The minimum atomic E-state index is -0.314. The van der Waals surface area contributed by atoms with Crippen LogP contribution < -0.4 is 10.1 Å². The summed E-state index contributed by atoms with van der Waals surface area (Å²) in [4.78, 5) is 0. The molecule has 0 unspecified atom stereocenters. The molecule has 0 aliphatic heterocycles. The summed E-state index contributed by atoms with van der Waals surface area (Å²) in [5, 5.41) is 3.30. The minimum absolute atomic E-state index is 0.314. The molecule has 0 aliphatic carbocycles. The van der Waals surface area contributed by atoms with E-state index in [9.17, 15) is 0 Å². The number of benzene rings is 1. The molecule has 90 valence electrons. The van der Waals surface area contributed by atoms with Crippen LogP contribution in [0, 0.1) is 12.3 Å². The molecule has 0 fully saturated rings. The van der Waals surface area contributed by atoms with E-state index in [4.69, 9.17) is 11.2 Å². The van der Waals surface area contributed by atoms with Gasteiger partial charge in [0, 0.05) is 12.1 Å². The average Bonchev–Trinajstić information content (AvgIpc) is 2.35. The van der Waals surface area contributed by atoms with Crippen LogP contribution in [0.2, 0.25) is 0 Å². The zero-order valence-corrected chi connectivity index (χ0v) is 10.5. The van der Waals surface area contributed by atoms with Crippen molar-refractivity contribution in [3.63, 3.8) is 0 Å². The molecular weight excluding hydrogens is 210 g/mol. The fourth-order valence-electron chi connectivity index (χ4n) is 1.31. The van der Waals surface area contributed by atoms with Gasteiger partial charge in [0.25, 0.3) is 0 Å². The van der Waals surface area contributed by atoms with E-state index >= 15 is 0 Å². The Morgan fingerprint density at radius 3 is 2.82 bits per heavy atom. The monoisotopic (exact) mass is 229 g/mol. The third kappa shape index (κ3) is 4.34. The van der Waals surface area contributed by atoms with Crippen LogP contribution in [0.15, 0.2) is 36.9 Å². The van der Waals surface area contributed by atoms with E-state index in [0.29, 0.717) is 13.2 Å². The molecule has 0 amide bonds. The molecule has 0 saturated heterocycles. The lowest BCUT2D eigenvalue weighted by atomic mass is 10.1. The largest absolute Gasteiger partial charge is 0.489 e. The first-order valence-electron chi connectivity index (χ1n) is 5.63. The van der Waals surface area contributed by atoms with Crippen molar-refractivity contribution in [1.82, 2.24) is 5.32 Å². The zero-order valence-electron chi connectivity index (χ0n) is 10.5. The Kier molecular flexibility index (Phi) is 4.81. The van der Waals surface area contributed by atoms with Crippen LogP contribution in [0.5, 0.6) is 5.75 Å².